The fourth-order valence-electron chi connectivity index (χ4n) is 5.67. The maximum absolute atomic E-state index is 2.91. The molecular formula is C24H54B3N3. The first-order valence-corrected chi connectivity index (χ1v) is 13.1. The zero-order valence-electron chi connectivity index (χ0n) is 22.9. The van der Waals surface area contributed by atoms with E-state index >= 15 is 0 Å². The highest BCUT2D eigenvalue weighted by molar-refractivity contribution is 6.86. The van der Waals surface area contributed by atoms with E-state index in [4.69, 9.17) is 0 Å². The van der Waals surface area contributed by atoms with Gasteiger partial charge in [0.25, 0.3) is 20.9 Å². The van der Waals surface area contributed by atoms with E-state index in [0.29, 0.717) is 20.9 Å². The van der Waals surface area contributed by atoms with Gasteiger partial charge in [0.05, 0.1) is 0 Å². The van der Waals surface area contributed by atoms with Crippen LogP contribution in [0, 0.1) is 0 Å². The van der Waals surface area contributed by atoms with Crippen molar-refractivity contribution in [3.63, 3.8) is 0 Å². The SMILES string of the molecule is CCCCB1N(C(C)(C)C)B(CCCC)N(C(C)(C)C)B(CCCC)N1C(C)(C)C. The molecule has 0 N–H and O–H groups in total. The van der Waals surface area contributed by atoms with Crippen molar-refractivity contribution >= 4 is 20.9 Å². The summed E-state index contributed by atoms with van der Waals surface area (Å²) in [4.78, 5) is 0. The Balaban J connectivity index is 3.70. The molecule has 1 aliphatic rings. The van der Waals surface area contributed by atoms with E-state index in [1.54, 1.807) is 0 Å². The molecule has 6 heteroatoms. The zero-order valence-corrected chi connectivity index (χ0v) is 22.9. The molecule has 0 aromatic heterocycles. The van der Waals surface area contributed by atoms with Crippen LogP contribution in [0.3, 0.4) is 0 Å². The van der Waals surface area contributed by atoms with Crippen LogP contribution in [0.15, 0.2) is 0 Å². The monoisotopic (exact) mass is 417 g/mol. The molecule has 1 rings (SSSR count). The lowest BCUT2D eigenvalue weighted by atomic mass is 9.36. The lowest BCUT2D eigenvalue weighted by Gasteiger charge is -2.64. The Morgan fingerprint density at radius 1 is 0.433 bits per heavy atom. The number of nitrogens with zero attached hydrogens (tertiary/aromatic N) is 3. The molecule has 3 nitrogen and oxygen atoms in total. The quantitative estimate of drug-likeness (QED) is 0.369. The summed E-state index contributed by atoms with van der Waals surface area (Å²) in [6.45, 7) is 30.5. The molecule has 0 saturated carbocycles. The molecule has 0 aromatic rings. The van der Waals surface area contributed by atoms with E-state index in [1.807, 2.05) is 0 Å². The molecule has 0 aromatic carbocycles. The van der Waals surface area contributed by atoms with Gasteiger partial charge in [0.15, 0.2) is 0 Å². The molecule has 1 fully saturated rings. The maximum atomic E-state index is 2.91. The predicted molar refractivity (Wildman–Crippen MR) is 141 cm³/mol. The molecule has 0 unspecified atom stereocenters. The molecule has 174 valence electrons. The minimum absolute atomic E-state index is 0.138. The van der Waals surface area contributed by atoms with Crippen molar-refractivity contribution in [2.24, 2.45) is 0 Å². The molecule has 0 amide bonds. The Bertz CT molecular complexity index is 410. The second kappa shape index (κ2) is 11.3. The van der Waals surface area contributed by atoms with Crippen molar-refractivity contribution in [1.29, 1.82) is 0 Å². The average Bonchev–Trinajstić information content (AvgIpc) is 2.58. The second-order valence-corrected chi connectivity index (χ2v) is 12.6. The van der Waals surface area contributed by atoms with Gasteiger partial charge in [-0.25, -0.2) is 0 Å². The van der Waals surface area contributed by atoms with Gasteiger partial charge >= 0.3 is 0 Å². The van der Waals surface area contributed by atoms with Gasteiger partial charge in [-0.15, -0.1) is 0 Å². The molecule has 1 heterocycles. The van der Waals surface area contributed by atoms with Crippen LogP contribution in [-0.2, 0) is 0 Å². The van der Waals surface area contributed by atoms with Crippen LogP contribution in [0.4, 0.5) is 0 Å². The summed E-state index contributed by atoms with van der Waals surface area (Å²) in [5, 5.41) is 0. The van der Waals surface area contributed by atoms with Crippen molar-refractivity contribution in [2.75, 3.05) is 0 Å². The summed E-state index contributed by atoms with van der Waals surface area (Å²) in [6, 6.07) is 0. The van der Waals surface area contributed by atoms with E-state index in [2.05, 4.69) is 97.3 Å². The second-order valence-electron chi connectivity index (χ2n) is 12.6. The van der Waals surface area contributed by atoms with Gasteiger partial charge in [-0.2, -0.15) is 0 Å². The molecule has 0 radical (unpaired) electrons. The number of rotatable bonds is 9. The lowest BCUT2D eigenvalue weighted by molar-refractivity contribution is 0.216. The van der Waals surface area contributed by atoms with Crippen molar-refractivity contribution in [3.8, 4) is 0 Å². The molecule has 0 spiro atoms. The van der Waals surface area contributed by atoms with Gasteiger partial charge in [-0.05, 0) is 97.9 Å². The normalized spacial score (nSPS) is 18.6. The van der Waals surface area contributed by atoms with Crippen molar-refractivity contribution in [3.05, 3.63) is 0 Å². The summed E-state index contributed by atoms with van der Waals surface area (Å²) in [5.41, 5.74) is 0.415. The third-order valence-electron chi connectivity index (χ3n) is 6.70. The van der Waals surface area contributed by atoms with Gasteiger partial charge in [0.2, 0.25) is 0 Å². The predicted octanol–water partition coefficient (Wildman–Crippen LogP) is 7.17. The Morgan fingerprint density at radius 3 is 0.767 bits per heavy atom. The Morgan fingerprint density at radius 2 is 0.633 bits per heavy atom. The summed E-state index contributed by atoms with van der Waals surface area (Å²) < 4.78 is 8.74. The highest BCUT2D eigenvalue weighted by Crippen LogP contribution is 2.40. The molecule has 30 heavy (non-hydrogen) atoms. The summed E-state index contributed by atoms with van der Waals surface area (Å²) >= 11 is 0. The molecular weight excluding hydrogens is 363 g/mol. The smallest absolute Gasteiger partial charge is 0.291 e. The molecule has 0 bridgehead atoms. The van der Waals surface area contributed by atoms with Crippen molar-refractivity contribution < 1.29 is 0 Å². The van der Waals surface area contributed by atoms with Gasteiger partial charge in [0.1, 0.15) is 0 Å². The molecule has 0 aliphatic carbocycles. The summed E-state index contributed by atoms with van der Waals surface area (Å²) in [5.74, 6) is 0. The molecule has 0 atom stereocenters. The third kappa shape index (κ3) is 7.04. The Hall–Kier alpha value is 0.0748. The van der Waals surface area contributed by atoms with E-state index < -0.39 is 0 Å². The summed E-state index contributed by atoms with van der Waals surface area (Å²) in [7, 11) is 0. The van der Waals surface area contributed by atoms with E-state index in [0.717, 1.165) is 0 Å². The molecule has 1 saturated heterocycles. The first-order chi connectivity index (χ1) is 13.7. The van der Waals surface area contributed by atoms with Crippen LogP contribution < -0.4 is 0 Å². The number of unbranched alkanes of at least 4 members (excludes halogenated alkanes) is 3. The van der Waals surface area contributed by atoms with E-state index in [-0.39, 0.29) is 16.6 Å². The minimum atomic E-state index is 0.138. The lowest BCUT2D eigenvalue weighted by Crippen LogP contribution is -2.84. The van der Waals surface area contributed by atoms with Crippen LogP contribution in [-0.4, -0.2) is 51.7 Å². The van der Waals surface area contributed by atoms with Crippen molar-refractivity contribution in [1.82, 2.24) is 14.2 Å². The molecule has 1 aliphatic heterocycles. The van der Waals surface area contributed by atoms with Gasteiger partial charge < -0.3 is 14.2 Å². The summed E-state index contributed by atoms with van der Waals surface area (Å²) in [6.07, 6.45) is 11.6. The first kappa shape index (κ1) is 28.1. The van der Waals surface area contributed by atoms with Crippen LogP contribution >= 0.6 is 0 Å². The number of hydrogen-bond donors (Lipinski definition) is 0. The highest BCUT2D eigenvalue weighted by atomic mass is 15.4. The van der Waals surface area contributed by atoms with Crippen LogP contribution in [0.1, 0.15) is 122 Å². The largest absolute Gasteiger partial charge is 0.352 e. The topological polar surface area (TPSA) is 9.72 Å². The Kier molecular flexibility index (Phi) is 10.6. The average molecular weight is 417 g/mol. The van der Waals surface area contributed by atoms with Crippen LogP contribution in [0.2, 0.25) is 19.0 Å². The number of hydrogen-bond acceptors (Lipinski definition) is 3. The first-order valence-electron chi connectivity index (χ1n) is 13.1. The van der Waals surface area contributed by atoms with Crippen molar-refractivity contribution in [2.45, 2.75) is 157 Å². The Labute approximate surface area is 192 Å². The zero-order chi connectivity index (χ0) is 23.3. The fraction of sp³-hybridized carbons (Fsp3) is 1.00. The van der Waals surface area contributed by atoms with Gasteiger partial charge in [0, 0.05) is 0 Å². The third-order valence-corrected chi connectivity index (χ3v) is 6.70. The highest BCUT2D eigenvalue weighted by Gasteiger charge is 2.58. The van der Waals surface area contributed by atoms with Crippen LogP contribution in [0.5, 0.6) is 0 Å². The van der Waals surface area contributed by atoms with Gasteiger partial charge in [-0.1, -0.05) is 59.3 Å². The van der Waals surface area contributed by atoms with E-state index in [9.17, 15) is 0 Å². The standard InChI is InChI=1S/C24H54B3N3/c1-13-16-19-25-28(22(4,5)6)26(20-17-14-2)30(24(10,11)12)27(21-18-15-3)29(25)23(7,8)9/h13-21H2,1-12H3. The maximum Gasteiger partial charge on any atom is 0.291 e. The van der Waals surface area contributed by atoms with Gasteiger partial charge in [-0.3, -0.25) is 0 Å². The van der Waals surface area contributed by atoms with E-state index in [1.165, 1.54) is 57.5 Å². The van der Waals surface area contributed by atoms with Crippen LogP contribution in [0.25, 0.3) is 0 Å². The fourth-order valence-corrected chi connectivity index (χ4v) is 5.67. The minimum Gasteiger partial charge on any atom is -0.352 e.